The van der Waals surface area contributed by atoms with Crippen LogP contribution in [-0.2, 0) is 11.3 Å². The van der Waals surface area contributed by atoms with E-state index in [1.807, 2.05) is 24.3 Å². The molecule has 0 atom stereocenters. The van der Waals surface area contributed by atoms with Gasteiger partial charge >= 0.3 is 0 Å². The van der Waals surface area contributed by atoms with Crippen LogP contribution in [0.5, 0.6) is 0 Å². The largest absolute Gasteiger partial charge is 0.399 e. The standard InChI is InChI=1S/C15H17N3O2/c1-20-9-10-4-2-3-5-14(10)18-15(19)11-6-12(16)8-13(17)7-11/h2-8H,9,16-17H2,1H3,(H,18,19). The van der Waals surface area contributed by atoms with Gasteiger partial charge in [0.1, 0.15) is 0 Å². The predicted octanol–water partition coefficient (Wildman–Crippen LogP) is 2.25. The van der Waals surface area contributed by atoms with Gasteiger partial charge in [0, 0.05) is 35.3 Å². The summed E-state index contributed by atoms with van der Waals surface area (Å²) in [5, 5.41) is 2.84. The van der Waals surface area contributed by atoms with E-state index in [1.54, 1.807) is 25.3 Å². The molecule has 5 N–H and O–H groups in total. The first-order chi connectivity index (χ1) is 9.60. The highest BCUT2D eigenvalue weighted by atomic mass is 16.5. The van der Waals surface area contributed by atoms with E-state index in [2.05, 4.69) is 5.32 Å². The molecule has 2 aromatic carbocycles. The highest BCUT2D eigenvalue weighted by Crippen LogP contribution is 2.19. The van der Waals surface area contributed by atoms with Gasteiger partial charge in [0.15, 0.2) is 0 Å². The Morgan fingerprint density at radius 3 is 2.45 bits per heavy atom. The van der Waals surface area contributed by atoms with Gasteiger partial charge in [-0.2, -0.15) is 0 Å². The van der Waals surface area contributed by atoms with Crippen molar-refractivity contribution in [1.29, 1.82) is 0 Å². The molecule has 0 spiro atoms. The Labute approximate surface area is 117 Å². The average molecular weight is 271 g/mol. The maximum atomic E-state index is 12.2. The second kappa shape index (κ2) is 6.08. The summed E-state index contributed by atoms with van der Waals surface area (Å²) in [6, 6.07) is 12.2. The van der Waals surface area contributed by atoms with Crippen LogP contribution in [0.15, 0.2) is 42.5 Å². The molecule has 0 aliphatic heterocycles. The molecule has 0 aliphatic rings. The SMILES string of the molecule is COCc1ccccc1NC(=O)c1cc(N)cc(N)c1. The number of hydrogen-bond donors (Lipinski definition) is 3. The number of hydrogen-bond acceptors (Lipinski definition) is 4. The van der Waals surface area contributed by atoms with Crippen LogP contribution in [0.3, 0.4) is 0 Å². The van der Waals surface area contributed by atoms with Crippen molar-refractivity contribution < 1.29 is 9.53 Å². The molecular formula is C15H17N3O2. The van der Waals surface area contributed by atoms with Crippen molar-refractivity contribution in [2.45, 2.75) is 6.61 Å². The van der Waals surface area contributed by atoms with E-state index < -0.39 is 0 Å². The molecule has 2 rings (SSSR count). The number of nitrogens with two attached hydrogens (primary N) is 2. The van der Waals surface area contributed by atoms with Crippen molar-refractivity contribution in [3.8, 4) is 0 Å². The first kappa shape index (κ1) is 13.9. The van der Waals surface area contributed by atoms with Crippen molar-refractivity contribution >= 4 is 23.0 Å². The van der Waals surface area contributed by atoms with Crippen LogP contribution in [0, 0.1) is 0 Å². The molecule has 5 heteroatoms. The summed E-state index contributed by atoms with van der Waals surface area (Å²) in [4.78, 5) is 12.2. The summed E-state index contributed by atoms with van der Waals surface area (Å²) in [5.74, 6) is -0.257. The molecule has 0 radical (unpaired) electrons. The van der Waals surface area contributed by atoms with E-state index in [4.69, 9.17) is 16.2 Å². The number of amides is 1. The average Bonchev–Trinajstić information content (AvgIpc) is 2.40. The van der Waals surface area contributed by atoms with Gasteiger partial charge in [-0.15, -0.1) is 0 Å². The van der Waals surface area contributed by atoms with Gasteiger partial charge in [-0.25, -0.2) is 0 Å². The zero-order valence-corrected chi connectivity index (χ0v) is 11.2. The number of para-hydroxylation sites is 1. The van der Waals surface area contributed by atoms with Crippen molar-refractivity contribution in [3.05, 3.63) is 53.6 Å². The Morgan fingerprint density at radius 2 is 1.80 bits per heavy atom. The summed E-state index contributed by atoms with van der Waals surface area (Å²) in [6.07, 6.45) is 0. The van der Waals surface area contributed by atoms with E-state index in [1.165, 1.54) is 0 Å². The molecule has 0 bridgehead atoms. The lowest BCUT2D eigenvalue weighted by Crippen LogP contribution is -2.14. The monoisotopic (exact) mass is 271 g/mol. The smallest absolute Gasteiger partial charge is 0.255 e. The van der Waals surface area contributed by atoms with Gasteiger partial charge in [0.05, 0.1) is 6.61 Å². The molecule has 5 nitrogen and oxygen atoms in total. The molecule has 1 amide bonds. The summed E-state index contributed by atoms with van der Waals surface area (Å²) in [7, 11) is 1.61. The molecule has 0 saturated carbocycles. The van der Waals surface area contributed by atoms with Crippen LogP contribution in [0.1, 0.15) is 15.9 Å². The van der Waals surface area contributed by atoms with E-state index in [0.29, 0.717) is 29.2 Å². The molecule has 104 valence electrons. The second-order valence-electron chi connectivity index (χ2n) is 4.43. The maximum Gasteiger partial charge on any atom is 0.255 e. The lowest BCUT2D eigenvalue weighted by Gasteiger charge is -2.11. The lowest BCUT2D eigenvalue weighted by atomic mass is 10.1. The van der Waals surface area contributed by atoms with Crippen molar-refractivity contribution in [2.24, 2.45) is 0 Å². The van der Waals surface area contributed by atoms with Crippen LogP contribution in [0.2, 0.25) is 0 Å². The first-order valence-electron chi connectivity index (χ1n) is 6.14. The molecule has 2 aromatic rings. The Balaban J connectivity index is 2.23. The fourth-order valence-electron chi connectivity index (χ4n) is 1.93. The number of carbonyl (C=O) groups excluding carboxylic acids is 1. The van der Waals surface area contributed by atoms with E-state index in [0.717, 1.165) is 5.56 Å². The summed E-state index contributed by atoms with van der Waals surface area (Å²) in [6.45, 7) is 0.426. The normalized spacial score (nSPS) is 10.2. The van der Waals surface area contributed by atoms with Crippen molar-refractivity contribution in [1.82, 2.24) is 0 Å². The van der Waals surface area contributed by atoms with Gasteiger partial charge < -0.3 is 21.5 Å². The maximum absolute atomic E-state index is 12.2. The van der Waals surface area contributed by atoms with Crippen molar-refractivity contribution in [3.63, 3.8) is 0 Å². The lowest BCUT2D eigenvalue weighted by molar-refractivity contribution is 0.102. The number of nitrogen functional groups attached to an aromatic ring is 2. The number of methoxy groups -OCH3 is 1. The minimum atomic E-state index is -0.257. The summed E-state index contributed by atoms with van der Waals surface area (Å²) < 4.78 is 5.10. The summed E-state index contributed by atoms with van der Waals surface area (Å²) in [5.41, 5.74) is 14.3. The minimum Gasteiger partial charge on any atom is -0.399 e. The number of nitrogens with one attached hydrogen (secondary N) is 1. The molecule has 0 heterocycles. The zero-order valence-electron chi connectivity index (χ0n) is 11.2. The van der Waals surface area contributed by atoms with E-state index in [9.17, 15) is 4.79 Å². The second-order valence-corrected chi connectivity index (χ2v) is 4.43. The quantitative estimate of drug-likeness (QED) is 0.744. The molecule has 0 aliphatic carbocycles. The highest BCUT2D eigenvalue weighted by Gasteiger charge is 2.10. The molecule has 0 fully saturated rings. The Morgan fingerprint density at radius 1 is 1.15 bits per heavy atom. The fourth-order valence-corrected chi connectivity index (χ4v) is 1.93. The molecule has 0 aromatic heterocycles. The number of benzene rings is 2. The topological polar surface area (TPSA) is 90.4 Å². The number of carbonyl (C=O) groups is 1. The Hall–Kier alpha value is -2.53. The third kappa shape index (κ3) is 3.27. The number of ether oxygens (including phenoxy) is 1. The van der Waals surface area contributed by atoms with Crippen LogP contribution in [0.4, 0.5) is 17.1 Å². The molecular weight excluding hydrogens is 254 g/mol. The van der Waals surface area contributed by atoms with E-state index in [-0.39, 0.29) is 5.91 Å². The number of anilines is 3. The highest BCUT2D eigenvalue weighted by molar-refractivity contribution is 6.05. The third-order valence-electron chi connectivity index (χ3n) is 2.81. The van der Waals surface area contributed by atoms with Crippen LogP contribution >= 0.6 is 0 Å². The van der Waals surface area contributed by atoms with Gasteiger partial charge in [-0.1, -0.05) is 18.2 Å². The van der Waals surface area contributed by atoms with Crippen LogP contribution < -0.4 is 16.8 Å². The third-order valence-corrected chi connectivity index (χ3v) is 2.81. The minimum absolute atomic E-state index is 0.257. The number of rotatable bonds is 4. The van der Waals surface area contributed by atoms with Gasteiger partial charge in [-0.05, 0) is 24.3 Å². The Kier molecular flexibility index (Phi) is 4.22. The van der Waals surface area contributed by atoms with Crippen LogP contribution in [0.25, 0.3) is 0 Å². The van der Waals surface area contributed by atoms with Gasteiger partial charge in [0.25, 0.3) is 5.91 Å². The van der Waals surface area contributed by atoms with E-state index >= 15 is 0 Å². The predicted molar refractivity (Wildman–Crippen MR) is 80.4 cm³/mol. The van der Waals surface area contributed by atoms with Crippen molar-refractivity contribution in [2.75, 3.05) is 23.9 Å². The molecule has 0 unspecified atom stereocenters. The Bertz CT molecular complexity index is 606. The summed E-state index contributed by atoms with van der Waals surface area (Å²) >= 11 is 0. The molecule has 0 saturated heterocycles. The fraction of sp³-hybridized carbons (Fsp3) is 0.133. The molecule has 20 heavy (non-hydrogen) atoms. The van der Waals surface area contributed by atoms with Crippen LogP contribution in [-0.4, -0.2) is 13.0 Å². The first-order valence-corrected chi connectivity index (χ1v) is 6.14. The van der Waals surface area contributed by atoms with Gasteiger partial charge in [-0.3, -0.25) is 4.79 Å². The van der Waals surface area contributed by atoms with Gasteiger partial charge in [0.2, 0.25) is 0 Å². The zero-order chi connectivity index (χ0) is 14.5.